The summed E-state index contributed by atoms with van der Waals surface area (Å²) in [5.74, 6) is -0.450. The van der Waals surface area contributed by atoms with Crippen molar-refractivity contribution in [3.63, 3.8) is 0 Å². The zero-order chi connectivity index (χ0) is 21.9. The van der Waals surface area contributed by atoms with E-state index in [1.807, 2.05) is 0 Å². The Morgan fingerprint density at radius 3 is 2.33 bits per heavy atom. The van der Waals surface area contributed by atoms with Crippen LogP contribution in [0.5, 0.6) is 0 Å². The average molecular weight is 496 g/mol. The van der Waals surface area contributed by atoms with E-state index in [0.29, 0.717) is 28.9 Å². The first-order valence-electron chi connectivity index (χ1n) is 9.27. The van der Waals surface area contributed by atoms with Crippen molar-refractivity contribution in [3.8, 4) is 0 Å². The van der Waals surface area contributed by atoms with Crippen LogP contribution in [0.1, 0.15) is 23.2 Å². The number of sulfonamides is 1. The molecule has 3 rings (SSSR count). The number of hydrogen-bond acceptors (Lipinski definition) is 5. The minimum atomic E-state index is -3.63. The normalized spacial score (nSPS) is 14.4. The predicted octanol–water partition coefficient (Wildman–Crippen LogP) is 3.69. The summed E-state index contributed by atoms with van der Waals surface area (Å²) < 4.78 is 32.2. The molecule has 1 aliphatic heterocycles. The molecule has 1 saturated heterocycles. The molecule has 0 atom stereocenters. The van der Waals surface area contributed by atoms with Gasteiger partial charge in [-0.05, 0) is 71.2 Å². The number of methoxy groups -OCH3 is 1. The van der Waals surface area contributed by atoms with Gasteiger partial charge in [-0.25, -0.2) is 13.2 Å². The van der Waals surface area contributed by atoms with E-state index in [4.69, 9.17) is 0 Å². The lowest BCUT2D eigenvalue weighted by Crippen LogP contribution is -2.28. The van der Waals surface area contributed by atoms with Crippen LogP contribution in [-0.2, 0) is 14.8 Å². The van der Waals surface area contributed by atoms with Crippen LogP contribution in [0.25, 0.3) is 0 Å². The van der Waals surface area contributed by atoms with Gasteiger partial charge < -0.3 is 10.1 Å². The Morgan fingerprint density at radius 1 is 1.10 bits per heavy atom. The maximum atomic E-state index is 12.8. The lowest BCUT2D eigenvalue weighted by molar-refractivity contribution is 0.102. The second-order valence-electron chi connectivity index (χ2n) is 6.78. The summed E-state index contributed by atoms with van der Waals surface area (Å²) in [7, 11) is -0.760. The van der Waals surface area contributed by atoms with Gasteiger partial charge in [0.05, 0.1) is 17.6 Å². The molecule has 1 N–H and O–H groups in total. The van der Waals surface area contributed by atoms with E-state index in [2.05, 4.69) is 26.0 Å². The molecule has 2 amide bonds. The second kappa shape index (κ2) is 9.15. The van der Waals surface area contributed by atoms with Crippen LogP contribution in [0, 0.1) is 0 Å². The molecule has 160 valence electrons. The predicted molar refractivity (Wildman–Crippen MR) is 117 cm³/mol. The Balaban J connectivity index is 1.79. The molecule has 30 heavy (non-hydrogen) atoms. The molecule has 0 aromatic heterocycles. The summed E-state index contributed by atoms with van der Waals surface area (Å²) in [4.78, 5) is 25.8. The number of nitrogens with zero attached hydrogens (tertiary/aromatic N) is 2. The standard InChI is InChI=1S/C20H22BrN3O5S/c1-23(20(26)29-2)15-7-5-14(6-8-15)22-19(25)17-13-16(9-10-18(17)21)30(27,28)24-11-3-4-12-24/h5-10,13H,3-4,11-12H2,1-2H3,(H,22,25). The van der Waals surface area contributed by atoms with Gasteiger partial charge in [-0.3, -0.25) is 9.69 Å². The monoisotopic (exact) mass is 495 g/mol. The number of ether oxygens (including phenoxy) is 1. The van der Waals surface area contributed by atoms with E-state index >= 15 is 0 Å². The molecule has 1 fully saturated rings. The van der Waals surface area contributed by atoms with Crippen LogP contribution < -0.4 is 10.2 Å². The Hall–Kier alpha value is -2.43. The first-order chi connectivity index (χ1) is 14.2. The Bertz CT molecular complexity index is 1050. The van der Waals surface area contributed by atoms with Crippen LogP contribution in [-0.4, -0.2) is 52.0 Å². The molecular formula is C20H22BrN3O5S. The van der Waals surface area contributed by atoms with E-state index in [-0.39, 0.29) is 10.5 Å². The maximum Gasteiger partial charge on any atom is 0.413 e. The molecule has 1 aliphatic rings. The third-order valence-electron chi connectivity index (χ3n) is 4.85. The van der Waals surface area contributed by atoms with Gasteiger partial charge in [-0.2, -0.15) is 4.31 Å². The number of rotatable bonds is 5. The fraction of sp³-hybridized carbons (Fsp3) is 0.300. The van der Waals surface area contributed by atoms with Gasteiger partial charge in [-0.15, -0.1) is 0 Å². The lowest BCUT2D eigenvalue weighted by atomic mass is 10.2. The summed E-state index contributed by atoms with van der Waals surface area (Å²) in [6, 6.07) is 11.0. The van der Waals surface area contributed by atoms with Crippen molar-refractivity contribution in [2.75, 3.05) is 37.5 Å². The summed E-state index contributed by atoms with van der Waals surface area (Å²) in [5, 5.41) is 2.74. The number of carbonyl (C=O) groups is 2. The summed E-state index contributed by atoms with van der Waals surface area (Å²) >= 11 is 3.32. The Labute approximate surface area is 184 Å². The van der Waals surface area contributed by atoms with Crippen molar-refractivity contribution < 1.29 is 22.7 Å². The molecular weight excluding hydrogens is 474 g/mol. The van der Waals surface area contributed by atoms with Crippen molar-refractivity contribution in [1.82, 2.24) is 4.31 Å². The third kappa shape index (κ3) is 4.66. The highest BCUT2D eigenvalue weighted by molar-refractivity contribution is 9.10. The number of anilines is 2. The molecule has 2 aromatic rings. The smallest absolute Gasteiger partial charge is 0.413 e. The molecule has 0 unspecified atom stereocenters. The van der Waals surface area contributed by atoms with Crippen LogP contribution in [0.15, 0.2) is 51.8 Å². The van der Waals surface area contributed by atoms with Gasteiger partial charge in [0.15, 0.2) is 0 Å². The summed E-state index contributed by atoms with van der Waals surface area (Å²) in [6.45, 7) is 0.985. The number of carbonyl (C=O) groups excluding carboxylic acids is 2. The fourth-order valence-electron chi connectivity index (χ4n) is 3.13. The molecule has 10 heteroatoms. The molecule has 0 bridgehead atoms. The minimum absolute atomic E-state index is 0.0906. The average Bonchev–Trinajstić information content (AvgIpc) is 3.29. The zero-order valence-corrected chi connectivity index (χ0v) is 19.0. The van der Waals surface area contributed by atoms with Gasteiger partial charge in [0, 0.05) is 36.0 Å². The van der Waals surface area contributed by atoms with Crippen LogP contribution in [0.4, 0.5) is 16.2 Å². The molecule has 0 saturated carbocycles. The first kappa shape index (κ1) is 22.3. The number of amides is 2. The summed E-state index contributed by atoms with van der Waals surface area (Å²) in [6.07, 6.45) is 1.17. The van der Waals surface area contributed by atoms with Gasteiger partial charge >= 0.3 is 6.09 Å². The largest absolute Gasteiger partial charge is 0.452 e. The van der Waals surface area contributed by atoms with Gasteiger partial charge in [-0.1, -0.05) is 0 Å². The fourth-order valence-corrected chi connectivity index (χ4v) is 5.10. The topological polar surface area (TPSA) is 96.0 Å². The van der Waals surface area contributed by atoms with E-state index in [1.54, 1.807) is 37.4 Å². The molecule has 2 aromatic carbocycles. The molecule has 1 heterocycles. The quantitative estimate of drug-likeness (QED) is 0.682. The summed E-state index contributed by atoms with van der Waals surface area (Å²) in [5.41, 5.74) is 1.31. The number of benzene rings is 2. The highest BCUT2D eigenvalue weighted by Gasteiger charge is 2.28. The van der Waals surface area contributed by atoms with Crippen LogP contribution in [0.2, 0.25) is 0 Å². The van der Waals surface area contributed by atoms with Gasteiger partial charge in [0.2, 0.25) is 10.0 Å². The maximum absolute atomic E-state index is 12.8. The zero-order valence-electron chi connectivity index (χ0n) is 16.6. The van der Waals surface area contributed by atoms with Gasteiger partial charge in [0.1, 0.15) is 0 Å². The van der Waals surface area contributed by atoms with Crippen molar-refractivity contribution in [2.45, 2.75) is 17.7 Å². The van der Waals surface area contributed by atoms with Crippen LogP contribution >= 0.6 is 15.9 Å². The Kier molecular flexibility index (Phi) is 6.79. The molecule has 0 radical (unpaired) electrons. The van der Waals surface area contributed by atoms with E-state index in [1.165, 1.54) is 28.4 Å². The number of halogens is 1. The van der Waals surface area contributed by atoms with E-state index < -0.39 is 22.0 Å². The SMILES string of the molecule is COC(=O)N(C)c1ccc(NC(=O)c2cc(S(=O)(=O)N3CCCC3)ccc2Br)cc1. The lowest BCUT2D eigenvalue weighted by Gasteiger charge is -2.17. The molecule has 8 nitrogen and oxygen atoms in total. The van der Waals surface area contributed by atoms with E-state index in [0.717, 1.165) is 12.8 Å². The van der Waals surface area contributed by atoms with Crippen molar-refractivity contribution >= 4 is 49.3 Å². The van der Waals surface area contributed by atoms with Crippen molar-refractivity contribution in [2.24, 2.45) is 0 Å². The molecule has 0 aliphatic carbocycles. The van der Waals surface area contributed by atoms with Crippen LogP contribution in [0.3, 0.4) is 0 Å². The number of hydrogen-bond donors (Lipinski definition) is 1. The minimum Gasteiger partial charge on any atom is -0.452 e. The highest BCUT2D eigenvalue weighted by Crippen LogP contribution is 2.26. The van der Waals surface area contributed by atoms with E-state index in [9.17, 15) is 18.0 Å². The van der Waals surface area contributed by atoms with Crippen molar-refractivity contribution in [1.29, 1.82) is 0 Å². The third-order valence-corrected chi connectivity index (χ3v) is 7.43. The second-order valence-corrected chi connectivity index (χ2v) is 9.58. The first-order valence-corrected chi connectivity index (χ1v) is 11.5. The van der Waals surface area contributed by atoms with Crippen molar-refractivity contribution in [3.05, 3.63) is 52.5 Å². The molecule has 0 spiro atoms. The van der Waals surface area contributed by atoms with Gasteiger partial charge in [0.25, 0.3) is 5.91 Å². The number of nitrogens with one attached hydrogen (secondary N) is 1. The highest BCUT2D eigenvalue weighted by atomic mass is 79.9. The Morgan fingerprint density at radius 2 is 1.73 bits per heavy atom.